The first kappa shape index (κ1) is 18.3. The van der Waals surface area contributed by atoms with Crippen molar-refractivity contribution in [2.45, 2.75) is 12.8 Å². The fourth-order valence-electron chi connectivity index (χ4n) is 6.96. The zero-order valence-electron chi connectivity index (χ0n) is 31.8. The van der Waals surface area contributed by atoms with Crippen molar-refractivity contribution in [3.8, 4) is 0 Å². The number of fused-ring (bicyclic) bond motifs is 7. The van der Waals surface area contributed by atoms with E-state index in [0.717, 1.165) is 54.2 Å². The Morgan fingerprint density at radius 1 is 0.341 bits per heavy atom. The Bertz CT molecular complexity index is 2920. The Morgan fingerprint density at radius 3 is 1.50 bits per heavy atom. The van der Waals surface area contributed by atoms with Crippen LogP contribution in [0, 0.1) is 0 Å². The lowest BCUT2D eigenvalue weighted by atomic mass is 9.85. The van der Waals surface area contributed by atoms with E-state index in [1.54, 1.807) is 0 Å². The van der Waals surface area contributed by atoms with Crippen LogP contribution in [0.1, 0.15) is 33.2 Å². The van der Waals surface area contributed by atoms with Crippen LogP contribution in [0.2, 0.25) is 0 Å². The average molecular weight is 567 g/mol. The third-order valence-electron chi connectivity index (χ3n) is 9.03. The molecule has 0 aliphatic carbocycles. The lowest BCUT2D eigenvalue weighted by molar-refractivity contribution is 1.23. The van der Waals surface area contributed by atoms with Gasteiger partial charge >= 0.3 is 0 Å². The summed E-state index contributed by atoms with van der Waals surface area (Å²) < 4.78 is 72.2. The maximum absolute atomic E-state index is 9.30. The van der Waals surface area contributed by atoms with E-state index in [9.17, 15) is 5.48 Å². The largest absolute Gasteiger partial charge is 0.0629 e. The van der Waals surface area contributed by atoms with Crippen LogP contribution >= 0.6 is 0 Å². The van der Waals surface area contributed by atoms with Gasteiger partial charge in [0.1, 0.15) is 0 Å². The molecule has 0 fully saturated rings. The fourth-order valence-corrected chi connectivity index (χ4v) is 6.96. The van der Waals surface area contributed by atoms with E-state index in [2.05, 4.69) is 42.5 Å². The molecule has 0 saturated carbocycles. The zero-order chi connectivity index (χ0) is 36.0. The van der Waals surface area contributed by atoms with Gasteiger partial charge in [-0.2, -0.15) is 0 Å². The van der Waals surface area contributed by atoms with Crippen LogP contribution in [-0.2, 0) is 12.8 Å². The SMILES string of the molecule is [2H]c1c([2H])c([2H])c2c(Cc3cccc4c3ccc3cc5ccccc5cc34)c3c([2H])c([2H])c([2H])c([2H])c3c(Cc3cccc4ccccc34)c2c1[2H]. The summed E-state index contributed by atoms with van der Waals surface area (Å²) in [5.41, 5.74) is 2.69. The molecule has 9 aromatic carbocycles. The number of hydrogen-bond donors (Lipinski definition) is 0. The van der Waals surface area contributed by atoms with Gasteiger partial charge in [0.25, 0.3) is 0 Å². The third-order valence-corrected chi connectivity index (χ3v) is 9.03. The van der Waals surface area contributed by atoms with Crippen LogP contribution in [0.15, 0.2) is 158 Å². The van der Waals surface area contributed by atoms with E-state index in [1.807, 2.05) is 66.7 Å². The first-order valence-corrected chi connectivity index (χ1v) is 14.9. The smallest absolute Gasteiger partial charge is 0.0616 e. The molecule has 9 aromatic rings. The van der Waals surface area contributed by atoms with E-state index in [4.69, 9.17) is 5.48 Å². The van der Waals surface area contributed by atoms with Gasteiger partial charge in [0.15, 0.2) is 0 Å². The Balaban J connectivity index is 1.40. The quantitative estimate of drug-likeness (QED) is 0.147. The first-order chi connectivity index (χ1) is 25.1. The molecular formula is C44H30. The van der Waals surface area contributed by atoms with E-state index in [0.29, 0.717) is 11.1 Å². The highest BCUT2D eigenvalue weighted by atomic mass is 14.2. The van der Waals surface area contributed by atoms with Gasteiger partial charge in [-0.05, 0) is 112 Å². The molecule has 0 saturated heterocycles. The van der Waals surface area contributed by atoms with Crippen molar-refractivity contribution >= 4 is 64.6 Å². The van der Waals surface area contributed by atoms with E-state index in [1.165, 1.54) is 0 Å². The molecule has 0 aliphatic rings. The van der Waals surface area contributed by atoms with Crippen molar-refractivity contribution in [2.75, 3.05) is 0 Å². The van der Waals surface area contributed by atoms with E-state index >= 15 is 0 Å². The minimum atomic E-state index is -0.383. The van der Waals surface area contributed by atoms with Gasteiger partial charge in [-0.1, -0.05) is 145 Å². The van der Waals surface area contributed by atoms with Crippen LogP contribution < -0.4 is 0 Å². The molecule has 206 valence electrons. The molecule has 0 bridgehead atoms. The summed E-state index contributed by atoms with van der Waals surface area (Å²) in [6, 6.07) is 34.2. The summed E-state index contributed by atoms with van der Waals surface area (Å²) in [6.45, 7) is 0. The van der Waals surface area contributed by atoms with Gasteiger partial charge in [-0.3, -0.25) is 0 Å². The lowest BCUT2D eigenvalue weighted by Crippen LogP contribution is -1.99. The standard InChI is InChI=1S/C44H30/c1-2-13-31-26-42-34(25-30(31)12-1)23-24-36-33(16-10-22-37(36)42)28-44-40-20-7-5-18-38(40)43(39-19-6-8-21-41(39)44)27-32-15-9-14-29-11-3-4-17-35(29)32/h1-26H,27-28H2/i5D,6D,7D,8D,18D,19D,20D,21D. The van der Waals surface area contributed by atoms with Gasteiger partial charge in [-0.15, -0.1) is 0 Å². The molecular weight excluding hydrogens is 528 g/mol. The predicted molar refractivity (Wildman–Crippen MR) is 190 cm³/mol. The first-order valence-electron chi connectivity index (χ1n) is 18.9. The number of hydrogen-bond acceptors (Lipinski definition) is 0. The highest BCUT2D eigenvalue weighted by Crippen LogP contribution is 2.38. The lowest BCUT2D eigenvalue weighted by Gasteiger charge is -2.19. The molecule has 0 heteroatoms. The zero-order valence-corrected chi connectivity index (χ0v) is 23.8. The van der Waals surface area contributed by atoms with E-state index in [-0.39, 0.29) is 82.7 Å². The monoisotopic (exact) mass is 566 g/mol. The van der Waals surface area contributed by atoms with Gasteiger partial charge in [0.2, 0.25) is 0 Å². The molecule has 0 unspecified atom stereocenters. The van der Waals surface area contributed by atoms with Gasteiger partial charge in [0.05, 0.1) is 11.0 Å². The molecule has 0 aromatic heterocycles. The molecule has 0 radical (unpaired) electrons. The number of rotatable bonds is 4. The third kappa shape index (κ3) is 3.99. The Morgan fingerprint density at radius 2 is 0.841 bits per heavy atom. The van der Waals surface area contributed by atoms with Crippen LogP contribution in [0.3, 0.4) is 0 Å². The van der Waals surface area contributed by atoms with Crippen LogP contribution in [0.5, 0.6) is 0 Å². The second kappa shape index (κ2) is 10.1. The molecule has 0 N–H and O–H groups in total. The van der Waals surface area contributed by atoms with Crippen molar-refractivity contribution in [1.29, 1.82) is 0 Å². The molecule has 0 spiro atoms. The van der Waals surface area contributed by atoms with Crippen molar-refractivity contribution in [1.82, 2.24) is 0 Å². The Kier molecular flexibility index (Phi) is 4.18. The van der Waals surface area contributed by atoms with Crippen LogP contribution in [0.4, 0.5) is 0 Å². The highest BCUT2D eigenvalue weighted by molar-refractivity contribution is 6.13. The molecule has 0 heterocycles. The Labute approximate surface area is 268 Å². The predicted octanol–water partition coefficient (Wildman–Crippen LogP) is 11.8. The van der Waals surface area contributed by atoms with Crippen LogP contribution in [-0.4, -0.2) is 0 Å². The van der Waals surface area contributed by atoms with Crippen molar-refractivity contribution in [3.05, 3.63) is 180 Å². The van der Waals surface area contributed by atoms with Crippen molar-refractivity contribution < 1.29 is 11.0 Å². The van der Waals surface area contributed by atoms with Gasteiger partial charge in [-0.25, -0.2) is 0 Å². The fraction of sp³-hybridized carbons (Fsp3) is 0.0455. The molecule has 44 heavy (non-hydrogen) atoms. The molecule has 9 rings (SSSR count). The van der Waals surface area contributed by atoms with Crippen molar-refractivity contribution in [2.24, 2.45) is 0 Å². The van der Waals surface area contributed by atoms with E-state index < -0.39 is 0 Å². The van der Waals surface area contributed by atoms with Gasteiger partial charge in [0, 0.05) is 0 Å². The highest BCUT2D eigenvalue weighted by Gasteiger charge is 2.16. The summed E-state index contributed by atoms with van der Waals surface area (Å²) in [6.07, 6.45) is 0.384. The second-order valence-corrected chi connectivity index (χ2v) is 11.4. The minimum absolute atomic E-state index is 0.183. The van der Waals surface area contributed by atoms with Crippen LogP contribution in [0.25, 0.3) is 64.6 Å². The normalized spacial score (nSPS) is 14.4. The molecule has 0 nitrogen and oxygen atoms in total. The molecule has 0 atom stereocenters. The summed E-state index contributed by atoms with van der Waals surface area (Å²) in [5.74, 6) is 0. The summed E-state index contributed by atoms with van der Waals surface area (Å²) in [5, 5.41) is 9.55. The average Bonchev–Trinajstić information content (AvgIpc) is 3.17. The maximum Gasteiger partial charge on any atom is 0.0629 e. The summed E-state index contributed by atoms with van der Waals surface area (Å²) >= 11 is 0. The minimum Gasteiger partial charge on any atom is -0.0616 e. The maximum atomic E-state index is 9.30. The second-order valence-electron chi connectivity index (χ2n) is 11.4. The summed E-state index contributed by atoms with van der Waals surface area (Å²) in [7, 11) is 0. The topological polar surface area (TPSA) is 0 Å². The van der Waals surface area contributed by atoms with Crippen molar-refractivity contribution in [3.63, 3.8) is 0 Å². The molecule has 0 aliphatic heterocycles. The van der Waals surface area contributed by atoms with Gasteiger partial charge < -0.3 is 0 Å². The molecule has 0 amide bonds. The summed E-state index contributed by atoms with van der Waals surface area (Å²) in [4.78, 5) is 0. The Hall–Kier alpha value is -5.46. The number of benzene rings is 9.